The Morgan fingerprint density at radius 2 is 1.74 bits per heavy atom. The zero-order valence-corrected chi connectivity index (χ0v) is 19.5. The van der Waals surface area contributed by atoms with E-state index in [0.29, 0.717) is 6.42 Å². The van der Waals surface area contributed by atoms with Crippen molar-refractivity contribution in [3.63, 3.8) is 0 Å². The Hall–Kier alpha value is -4.38. The van der Waals surface area contributed by atoms with Crippen LogP contribution in [0.2, 0.25) is 0 Å². The monoisotopic (exact) mass is 461 g/mol. The number of aromatic hydroxyl groups is 1. The molecule has 0 bridgehead atoms. The average Bonchev–Trinajstić information content (AvgIpc) is 3.26. The summed E-state index contributed by atoms with van der Waals surface area (Å²) >= 11 is 0. The normalized spacial score (nSPS) is 11.9. The minimum absolute atomic E-state index is 0.100. The molecule has 174 valence electrons. The summed E-state index contributed by atoms with van der Waals surface area (Å²) in [6.07, 6.45) is 4.43. The topological polar surface area (TPSA) is 78.0 Å². The number of nitrogens with zero attached hydrogens (tertiary/aromatic N) is 1. The van der Waals surface area contributed by atoms with Crippen LogP contribution in [0.5, 0.6) is 5.75 Å². The van der Waals surface area contributed by atoms with E-state index in [1.54, 1.807) is 18.3 Å². The lowest BCUT2D eigenvalue weighted by Crippen LogP contribution is -2.32. The molecular weight excluding hydrogens is 434 g/mol. The van der Waals surface area contributed by atoms with E-state index in [0.717, 1.165) is 44.4 Å². The van der Waals surface area contributed by atoms with Gasteiger partial charge in [0, 0.05) is 28.9 Å². The van der Waals surface area contributed by atoms with Crippen LogP contribution in [0.1, 0.15) is 28.4 Å². The van der Waals surface area contributed by atoms with Crippen LogP contribution in [0.4, 0.5) is 0 Å². The number of phenolic OH excluding ortho intramolecular Hbond substituents is 1. The fraction of sp³-hybridized carbons (Fsp3) is 0.133. The van der Waals surface area contributed by atoms with Crippen LogP contribution >= 0.6 is 0 Å². The van der Waals surface area contributed by atoms with E-state index >= 15 is 0 Å². The Bertz CT molecular complexity index is 1470. The van der Waals surface area contributed by atoms with Crippen LogP contribution in [0.3, 0.4) is 0 Å². The van der Waals surface area contributed by atoms with Gasteiger partial charge in [-0.2, -0.15) is 0 Å². The number of pyridine rings is 1. The molecule has 1 amide bonds. The Labute approximate surface area is 204 Å². The molecule has 3 aromatic carbocycles. The maximum Gasteiger partial charge on any atom is 0.225 e. The molecule has 5 rings (SSSR count). The van der Waals surface area contributed by atoms with Crippen LogP contribution in [0, 0.1) is 6.92 Å². The van der Waals surface area contributed by atoms with Crippen molar-refractivity contribution in [3.8, 4) is 16.9 Å². The third-order valence-electron chi connectivity index (χ3n) is 6.32. The molecular formula is C30H27N3O2. The first kappa shape index (κ1) is 22.4. The van der Waals surface area contributed by atoms with E-state index < -0.39 is 0 Å². The number of hydrogen-bond donors (Lipinski definition) is 3. The molecule has 35 heavy (non-hydrogen) atoms. The van der Waals surface area contributed by atoms with Gasteiger partial charge in [-0.05, 0) is 59.9 Å². The van der Waals surface area contributed by atoms with Crippen LogP contribution in [0.15, 0.2) is 97.3 Å². The van der Waals surface area contributed by atoms with Gasteiger partial charge in [0.1, 0.15) is 5.75 Å². The number of aromatic nitrogens is 2. The van der Waals surface area contributed by atoms with Crippen molar-refractivity contribution in [2.24, 2.45) is 0 Å². The first-order chi connectivity index (χ1) is 17.1. The Balaban J connectivity index is 1.48. The second-order valence-electron chi connectivity index (χ2n) is 8.78. The molecule has 5 aromatic rings. The van der Waals surface area contributed by atoms with Crippen molar-refractivity contribution in [1.29, 1.82) is 0 Å². The van der Waals surface area contributed by atoms with Gasteiger partial charge in [0.15, 0.2) is 0 Å². The van der Waals surface area contributed by atoms with Gasteiger partial charge in [-0.3, -0.25) is 9.78 Å². The molecule has 3 N–H and O–H groups in total. The highest BCUT2D eigenvalue weighted by Crippen LogP contribution is 2.31. The number of H-pyrrole nitrogens is 1. The highest BCUT2D eigenvalue weighted by atomic mass is 16.3. The second kappa shape index (κ2) is 9.85. The number of carbonyl (C=O) groups excluding carboxylic acids is 1. The maximum atomic E-state index is 13.3. The molecule has 2 heterocycles. The van der Waals surface area contributed by atoms with Gasteiger partial charge in [0.25, 0.3) is 0 Å². The van der Waals surface area contributed by atoms with Crippen molar-refractivity contribution >= 4 is 16.8 Å². The number of carbonyl (C=O) groups is 1. The summed E-state index contributed by atoms with van der Waals surface area (Å²) in [4.78, 5) is 21.2. The number of aryl methyl sites for hydroxylation is 1. The molecule has 0 aliphatic carbocycles. The lowest BCUT2D eigenvalue weighted by Gasteiger charge is -2.22. The van der Waals surface area contributed by atoms with Gasteiger partial charge in [-0.15, -0.1) is 0 Å². The molecule has 0 fully saturated rings. The zero-order chi connectivity index (χ0) is 24.2. The minimum atomic E-state index is -0.306. The molecule has 5 nitrogen and oxygen atoms in total. The Kier molecular flexibility index (Phi) is 6.31. The van der Waals surface area contributed by atoms with Crippen molar-refractivity contribution in [3.05, 3.63) is 120 Å². The number of aromatic amines is 1. The Morgan fingerprint density at radius 1 is 0.971 bits per heavy atom. The molecule has 2 aromatic heterocycles. The summed E-state index contributed by atoms with van der Waals surface area (Å²) in [6.45, 7) is 2.09. The molecule has 0 aliphatic rings. The number of fused-ring (bicyclic) bond motifs is 1. The molecule has 0 radical (unpaired) electrons. The fourth-order valence-corrected chi connectivity index (χ4v) is 4.59. The standard InChI is InChI=1S/C30H27N3O2/c1-20-8-5-6-11-24(20)25-12-7-15-31-30(25)28(16-21-9-3-2-4-10-21)33-29(35)17-22-19-32-27-14-13-23(34)18-26(22)27/h2-15,18-19,28,32,34H,16-17H2,1H3,(H,33,35)/t28-/m0/s1. The third-order valence-corrected chi connectivity index (χ3v) is 6.32. The van der Waals surface area contributed by atoms with Gasteiger partial charge in [-0.25, -0.2) is 0 Å². The maximum absolute atomic E-state index is 13.3. The number of nitrogens with one attached hydrogen (secondary N) is 2. The van der Waals surface area contributed by atoms with Crippen LogP contribution in [-0.2, 0) is 17.6 Å². The van der Waals surface area contributed by atoms with E-state index in [4.69, 9.17) is 4.98 Å². The molecule has 0 spiro atoms. The first-order valence-corrected chi connectivity index (χ1v) is 11.7. The summed E-state index contributed by atoms with van der Waals surface area (Å²) in [5.41, 5.74) is 6.97. The van der Waals surface area contributed by atoms with Crippen LogP contribution < -0.4 is 5.32 Å². The molecule has 0 saturated heterocycles. The largest absolute Gasteiger partial charge is 0.508 e. The number of benzene rings is 3. The average molecular weight is 462 g/mol. The SMILES string of the molecule is Cc1ccccc1-c1cccnc1[C@H](Cc1ccccc1)NC(=O)Cc1c[nH]c2ccc(O)cc12. The molecule has 0 unspecified atom stereocenters. The lowest BCUT2D eigenvalue weighted by molar-refractivity contribution is -0.121. The summed E-state index contributed by atoms with van der Waals surface area (Å²) < 4.78 is 0. The van der Waals surface area contributed by atoms with Crippen molar-refractivity contribution in [2.45, 2.75) is 25.8 Å². The smallest absolute Gasteiger partial charge is 0.225 e. The van der Waals surface area contributed by atoms with E-state index in [9.17, 15) is 9.90 Å². The predicted molar refractivity (Wildman–Crippen MR) is 139 cm³/mol. The minimum Gasteiger partial charge on any atom is -0.508 e. The van der Waals surface area contributed by atoms with Gasteiger partial charge >= 0.3 is 0 Å². The summed E-state index contributed by atoms with van der Waals surface area (Å²) in [5.74, 6) is 0.0774. The van der Waals surface area contributed by atoms with Crippen LogP contribution in [-0.4, -0.2) is 21.0 Å². The molecule has 5 heteroatoms. The number of amides is 1. The highest BCUT2D eigenvalue weighted by Gasteiger charge is 2.22. The van der Waals surface area contributed by atoms with Gasteiger partial charge in [-0.1, -0.05) is 60.7 Å². The molecule has 1 atom stereocenters. The quantitative estimate of drug-likeness (QED) is 0.283. The van der Waals surface area contributed by atoms with E-state index in [2.05, 4.69) is 47.6 Å². The van der Waals surface area contributed by atoms with Gasteiger partial charge < -0.3 is 15.4 Å². The summed E-state index contributed by atoms with van der Waals surface area (Å²) in [5, 5.41) is 14.0. The number of rotatable bonds is 7. The number of hydrogen-bond acceptors (Lipinski definition) is 3. The van der Waals surface area contributed by atoms with Gasteiger partial charge in [0.2, 0.25) is 5.91 Å². The number of phenols is 1. The fourth-order valence-electron chi connectivity index (χ4n) is 4.59. The summed E-state index contributed by atoms with van der Waals surface area (Å²) in [6, 6.07) is 27.2. The van der Waals surface area contributed by atoms with E-state index in [1.807, 2.05) is 48.7 Å². The summed E-state index contributed by atoms with van der Waals surface area (Å²) in [7, 11) is 0. The van der Waals surface area contributed by atoms with Crippen molar-refractivity contribution in [2.75, 3.05) is 0 Å². The zero-order valence-electron chi connectivity index (χ0n) is 19.5. The van der Waals surface area contributed by atoms with Crippen LogP contribution in [0.25, 0.3) is 22.0 Å². The van der Waals surface area contributed by atoms with E-state index in [1.165, 1.54) is 0 Å². The highest BCUT2D eigenvalue weighted by molar-refractivity contribution is 5.90. The van der Waals surface area contributed by atoms with Crippen molar-refractivity contribution in [1.82, 2.24) is 15.3 Å². The predicted octanol–water partition coefficient (Wildman–Crippen LogP) is 5.89. The molecule has 0 saturated carbocycles. The Morgan fingerprint density at radius 3 is 2.57 bits per heavy atom. The first-order valence-electron chi connectivity index (χ1n) is 11.7. The lowest BCUT2D eigenvalue weighted by atomic mass is 9.93. The molecule has 0 aliphatic heterocycles. The second-order valence-corrected chi connectivity index (χ2v) is 8.78. The van der Waals surface area contributed by atoms with E-state index in [-0.39, 0.29) is 24.1 Å². The van der Waals surface area contributed by atoms with Gasteiger partial charge in [0.05, 0.1) is 18.2 Å². The van der Waals surface area contributed by atoms with Crippen molar-refractivity contribution < 1.29 is 9.90 Å². The third kappa shape index (κ3) is 4.94.